The van der Waals surface area contributed by atoms with E-state index in [0.717, 1.165) is 18.2 Å². The van der Waals surface area contributed by atoms with Crippen LogP contribution in [0.25, 0.3) is 0 Å². The molecule has 0 heterocycles. The summed E-state index contributed by atoms with van der Waals surface area (Å²) in [5.41, 5.74) is -0.344. The molecule has 8 heteroatoms. The first-order chi connectivity index (χ1) is 7.86. The highest BCUT2D eigenvalue weighted by Crippen LogP contribution is 2.31. The summed E-state index contributed by atoms with van der Waals surface area (Å²) in [6.07, 6.45) is -2.74. The second-order valence-electron chi connectivity index (χ2n) is 2.78. The molecule has 0 aliphatic carbocycles. The molecule has 0 amide bonds. The largest absolute Gasteiger partial charge is 0.430 e. The van der Waals surface area contributed by atoms with Gasteiger partial charge in [0.05, 0.1) is 0 Å². The van der Waals surface area contributed by atoms with Crippen molar-refractivity contribution in [1.82, 2.24) is 0 Å². The lowest BCUT2D eigenvalue weighted by Gasteiger charge is -2.18. The highest BCUT2D eigenvalue weighted by Gasteiger charge is 2.40. The number of rotatable bonds is 4. The number of carbonyl (C=O) groups excluding carboxylic acids is 1. The highest BCUT2D eigenvalue weighted by molar-refractivity contribution is 6.44. The van der Waals surface area contributed by atoms with Gasteiger partial charge in [0.1, 0.15) is 11.4 Å². The van der Waals surface area contributed by atoms with Gasteiger partial charge in [0.25, 0.3) is 0 Å². The molecule has 0 saturated carbocycles. The zero-order chi connectivity index (χ0) is 13.1. The van der Waals surface area contributed by atoms with Crippen molar-refractivity contribution in [2.75, 3.05) is 0 Å². The van der Waals surface area contributed by atoms with Gasteiger partial charge in [-0.2, -0.15) is 13.8 Å². The van der Waals surface area contributed by atoms with Crippen LogP contribution >= 0.6 is 23.2 Å². The van der Waals surface area contributed by atoms with E-state index >= 15 is 0 Å². The Morgan fingerprint density at radius 1 is 1.41 bits per heavy atom. The Kier molecular flexibility index (Phi) is 4.40. The molecule has 1 rings (SSSR count). The van der Waals surface area contributed by atoms with Crippen LogP contribution in [0.2, 0.25) is 0 Å². The monoisotopic (exact) mass is 285 g/mol. The Morgan fingerprint density at radius 2 is 2.06 bits per heavy atom. The number of hydrogen-bond donors (Lipinski definition) is 0. The maximum Gasteiger partial charge on any atom is 0.428 e. The number of benzene rings is 1. The van der Waals surface area contributed by atoms with Crippen LogP contribution in [-0.2, 0) is 4.79 Å². The summed E-state index contributed by atoms with van der Waals surface area (Å²) in [6, 6.07) is 2.59. The van der Waals surface area contributed by atoms with E-state index < -0.39 is 22.5 Å². The van der Waals surface area contributed by atoms with E-state index in [-0.39, 0.29) is 5.69 Å². The van der Waals surface area contributed by atoms with Crippen LogP contribution in [0.1, 0.15) is 0 Å². The normalized spacial score (nSPS) is 11.2. The molecule has 0 bridgehead atoms. The van der Waals surface area contributed by atoms with E-state index in [1.807, 2.05) is 0 Å². The Labute approximate surface area is 104 Å². The summed E-state index contributed by atoms with van der Waals surface area (Å²) < 4.78 is 43.1. The fraction of sp³-hybridized carbons (Fsp3) is 0.222. The van der Waals surface area contributed by atoms with Crippen molar-refractivity contribution >= 4 is 35.0 Å². The average molecular weight is 286 g/mol. The van der Waals surface area contributed by atoms with Gasteiger partial charge in [-0.15, -0.1) is 0 Å². The molecule has 0 aliphatic rings. The molecule has 0 unspecified atom stereocenters. The van der Waals surface area contributed by atoms with E-state index in [0.29, 0.717) is 6.07 Å². The Balaban J connectivity index is 2.95. The summed E-state index contributed by atoms with van der Waals surface area (Å²) in [4.78, 5) is 10.8. The standard InChI is InChI=1S/C9H4Cl2F3NO2/c10-8(11)9(13,14)17-5-1-2-7(15-4-16)6(12)3-5/h1-3,8H. The summed E-state index contributed by atoms with van der Waals surface area (Å²) in [5, 5.41) is 0. The quantitative estimate of drug-likeness (QED) is 0.482. The van der Waals surface area contributed by atoms with E-state index in [1.54, 1.807) is 0 Å². The molecule has 0 atom stereocenters. The molecule has 0 fully saturated rings. The van der Waals surface area contributed by atoms with Gasteiger partial charge in [0.15, 0.2) is 5.82 Å². The molecule has 17 heavy (non-hydrogen) atoms. The molecule has 0 radical (unpaired) electrons. The molecule has 0 saturated heterocycles. The lowest BCUT2D eigenvalue weighted by molar-refractivity contribution is -0.163. The lowest BCUT2D eigenvalue weighted by Crippen LogP contribution is -2.32. The first kappa shape index (κ1) is 13.8. The van der Waals surface area contributed by atoms with Crippen molar-refractivity contribution in [2.45, 2.75) is 10.9 Å². The summed E-state index contributed by atoms with van der Waals surface area (Å²) in [5.74, 6) is -1.51. The molecular formula is C9H4Cl2F3NO2. The minimum atomic E-state index is -3.86. The van der Waals surface area contributed by atoms with Gasteiger partial charge < -0.3 is 4.74 Å². The van der Waals surface area contributed by atoms with Crippen LogP contribution in [0.5, 0.6) is 5.75 Å². The molecule has 0 spiro atoms. The summed E-state index contributed by atoms with van der Waals surface area (Å²) in [7, 11) is 0. The van der Waals surface area contributed by atoms with Crippen molar-refractivity contribution in [3.8, 4) is 5.75 Å². The van der Waals surface area contributed by atoms with E-state index in [4.69, 9.17) is 23.2 Å². The number of alkyl halides is 4. The summed E-state index contributed by atoms with van der Waals surface area (Å²) in [6.45, 7) is 0. The molecule has 0 aliphatic heterocycles. The van der Waals surface area contributed by atoms with Crippen LogP contribution in [-0.4, -0.2) is 17.0 Å². The van der Waals surface area contributed by atoms with Gasteiger partial charge in [-0.3, -0.25) is 0 Å². The minimum Gasteiger partial charge on any atom is -0.430 e. The third kappa shape index (κ3) is 3.63. The van der Waals surface area contributed by atoms with Gasteiger partial charge in [-0.25, -0.2) is 9.18 Å². The van der Waals surface area contributed by atoms with Crippen LogP contribution in [0.3, 0.4) is 0 Å². The van der Waals surface area contributed by atoms with Gasteiger partial charge in [0, 0.05) is 6.07 Å². The molecule has 92 valence electrons. The van der Waals surface area contributed by atoms with E-state index in [1.165, 1.54) is 0 Å². The average Bonchev–Trinajstić information content (AvgIpc) is 2.21. The predicted molar refractivity (Wildman–Crippen MR) is 55.3 cm³/mol. The number of isocyanates is 1. The van der Waals surface area contributed by atoms with Gasteiger partial charge in [-0.1, -0.05) is 23.2 Å². The van der Waals surface area contributed by atoms with Crippen molar-refractivity contribution in [2.24, 2.45) is 4.99 Å². The van der Waals surface area contributed by atoms with Crippen molar-refractivity contribution < 1.29 is 22.7 Å². The second kappa shape index (κ2) is 5.40. The zero-order valence-corrected chi connectivity index (χ0v) is 9.47. The van der Waals surface area contributed by atoms with Crippen molar-refractivity contribution in [3.63, 3.8) is 0 Å². The maximum absolute atomic E-state index is 13.1. The minimum absolute atomic E-state index is 0.344. The van der Waals surface area contributed by atoms with Crippen molar-refractivity contribution in [1.29, 1.82) is 0 Å². The zero-order valence-electron chi connectivity index (χ0n) is 7.96. The van der Waals surface area contributed by atoms with Crippen molar-refractivity contribution in [3.05, 3.63) is 24.0 Å². The third-order valence-electron chi connectivity index (χ3n) is 1.59. The fourth-order valence-corrected chi connectivity index (χ4v) is 0.982. The van der Waals surface area contributed by atoms with E-state index in [2.05, 4.69) is 9.73 Å². The van der Waals surface area contributed by atoms with E-state index in [9.17, 15) is 18.0 Å². The number of aliphatic imine (C=N–C) groups is 1. The SMILES string of the molecule is O=C=Nc1ccc(OC(F)(F)C(Cl)Cl)cc1F. The topological polar surface area (TPSA) is 38.7 Å². The number of hydrogen-bond acceptors (Lipinski definition) is 3. The van der Waals surface area contributed by atoms with Gasteiger partial charge in [0.2, 0.25) is 10.9 Å². The Hall–Kier alpha value is -1.23. The molecule has 1 aromatic carbocycles. The smallest absolute Gasteiger partial charge is 0.428 e. The predicted octanol–water partition coefficient (Wildman–Crippen LogP) is 3.57. The molecule has 3 nitrogen and oxygen atoms in total. The summed E-state index contributed by atoms with van der Waals surface area (Å²) >= 11 is 9.93. The lowest BCUT2D eigenvalue weighted by atomic mass is 10.3. The van der Waals surface area contributed by atoms with Crippen LogP contribution in [0.4, 0.5) is 18.9 Å². The van der Waals surface area contributed by atoms with Gasteiger partial charge >= 0.3 is 6.11 Å². The third-order valence-corrected chi connectivity index (χ3v) is 2.10. The molecular weight excluding hydrogens is 282 g/mol. The first-order valence-electron chi connectivity index (χ1n) is 4.09. The molecule has 0 N–H and O–H groups in total. The first-order valence-corrected chi connectivity index (χ1v) is 4.96. The van der Waals surface area contributed by atoms with Gasteiger partial charge in [-0.05, 0) is 12.1 Å². The number of halogens is 5. The maximum atomic E-state index is 13.1. The van der Waals surface area contributed by atoms with Crippen LogP contribution in [0.15, 0.2) is 23.2 Å². The number of nitrogens with zero attached hydrogens (tertiary/aromatic N) is 1. The second-order valence-corrected chi connectivity index (χ2v) is 3.88. The fourth-order valence-electron chi connectivity index (χ4n) is 0.893. The highest BCUT2D eigenvalue weighted by atomic mass is 35.5. The Bertz CT molecular complexity index is 462. The Morgan fingerprint density at radius 3 is 2.53 bits per heavy atom. The molecule has 1 aromatic rings. The van der Waals surface area contributed by atoms with Crippen LogP contribution < -0.4 is 4.74 Å². The molecule has 0 aromatic heterocycles. The number of ether oxygens (including phenoxy) is 1. The van der Waals surface area contributed by atoms with Crippen LogP contribution in [0, 0.1) is 5.82 Å².